The Balaban J connectivity index is 1.46. The van der Waals surface area contributed by atoms with E-state index >= 15 is 0 Å². The van der Waals surface area contributed by atoms with Gasteiger partial charge in [0.05, 0.1) is 6.10 Å². The second kappa shape index (κ2) is 8.17. The minimum Gasteiger partial charge on any atom is -0.484 e. The van der Waals surface area contributed by atoms with Gasteiger partial charge in [-0.3, -0.25) is 4.79 Å². The number of likely N-dealkylation sites (tertiary alicyclic amines) is 1. The summed E-state index contributed by atoms with van der Waals surface area (Å²) in [6.07, 6.45) is 1.17. The highest BCUT2D eigenvalue weighted by Gasteiger charge is 2.28. The fourth-order valence-corrected chi connectivity index (χ4v) is 3.26. The van der Waals surface area contributed by atoms with E-state index in [1.165, 1.54) is 0 Å². The Morgan fingerprint density at radius 3 is 2.40 bits per heavy atom. The van der Waals surface area contributed by atoms with Gasteiger partial charge in [-0.05, 0) is 43.4 Å². The third-order valence-electron chi connectivity index (χ3n) is 4.86. The van der Waals surface area contributed by atoms with E-state index in [0.29, 0.717) is 18.8 Å². The Morgan fingerprint density at radius 2 is 1.76 bits per heavy atom. The molecule has 1 aliphatic rings. The van der Waals surface area contributed by atoms with E-state index in [9.17, 15) is 9.90 Å². The maximum Gasteiger partial charge on any atom is 0.260 e. The van der Waals surface area contributed by atoms with Crippen LogP contribution < -0.4 is 4.74 Å². The smallest absolute Gasteiger partial charge is 0.260 e. The van der Waals surface area contributed by atoms with Crippen molar-refractivity contribution in [2.45, 2.75) is 25.9 Å². The fourth-order valence-electron chi connectivity index (χ4n) is 3.26. The number of aliphatic hydroxyl groups is 1. The van der Waals surface area contributed by atoms with Gasteiger partial charge in [0.15, 0.2) is 6.61 Å². The zero-order valence-corrected chi connectivity index (χ0v) is 14.6. The minimum absolute atomic E-state index is 0.00762. The third-order valence-corrected chi connectivity index (χ3v) is 4.86. The molecule has 0 aromatic heterocycles. The van der Waals surface area contributed by atoms with Gasteiger partial charge in [0.1, 0.15) is 5.75 Å². The zero-order valence-electron chi connectivity index (χ0n) is 14.6. The highest BCUT2D eigenvalue weighted by molar-refractivity contribution is 5.77. The van der Waals surface area contributed by atoms with Crippen molar-refractivity contribution < 1.29 is 14.6 Å². The van der Waals surface area contributed by atoms with Gasteiger partial charge >= 0.3 is 0 Å². The topological polar surface area (TPSA) is 49.8 Å². The molecule has 3 rings (SSSR count). The molecule has 1 saturated heterocycles. The molecule has 0 saturated carbocycles. The second-order valence-electron chi connectivity index (χ2n) is 6.68. The molecule has 0 aliphatic carbocycles. The summed E-state index contributed by atoms with van der Waals surface area (Å²) < 4.78 is 5.58. The largest absolute Gasteiger partial charge is 0.484 e. The Bertz CT molecular complexity index is 676. The molecule has 132 valence electrons. The van der Waals surface area contributed by atoms with E-state index in [0.717, 1.165) is 24.0 Å². The van der Waals surface area contributed by atoms with Crippen LogP contribution in [0.3, 0.4) is 0 Å². The van der Waals surface area contributed by atoms with Crippen molar-refractivity contribution in [1.82, 2.24) is 4.90 Å². The summed E-state index contributed by atoms with van der Waals surface area (Å²) >= 11 is 0. The Kier molecular flexibility index (Phi) is 5.71. The zero-order chi connectivity index (χ0) is 17.6. The number of ether oxygens (including phenoxy) is 1. The molecule has 25 heavy (non-hydrogen) atoms. The number of piperidine rings is 1. The van der Waals surface area contributed by atoms with Gasteiger partial charge in [-0.25, -0.2) is 0 Å². The lowest BCUT2D eigenvalue weighted by atomic mass is 9.87. The lowest BCUT2D eigenvalue weighted by Crippen LogP contribution is -2.42. The quantitative estimate of drug-likeness (QED) is 0.909. The molecular formula is C21H25NO3. The van der Waals surface area contributed by atoms with E-state index < -0.39 is 6.10 Å². The summed E-state index contributed by atoms with van der Waals surface area (Å²) in [7, 11) is 0. The second-order valence-corrected chi connectivity index (χ2v) is 6.68. The van der Waals surface area contributed by atoms with Gasteiger partial charge in [-0.15, -0.1) is 0 Å². The average molecular weight is 339 g/mol. The number of carbonyl (C=O) groups excluding carboxylic acids is 1. The van der Waals surface area contributed by atoms with Crippen molar-refractivity contribution in [3.8, 4) is 5.75 Å². The Labute approximate surface area is 149 Å². The van der Waals surface area contributed by atoms with Crippen molar-refractivity contribution in [1.29, 1.82) is 0 Å². The first kappa shape index (κ1) is 17.5. The maximum atomic E-state index is 12.3. The van der Waals surface area contributed by atoms with Gasteiger partial charge in [0.25, 0.3) is 5.91 Å². The first-order valence-electron chi connectivity index (χ1n) is 8.84. The van der Waals surface area contributed by atoms with Crippen LogP contribution in [0.15, 0.2) is 54.6 Å². The number of nitrogens with zero attached hydrogens (tertiary/aromatic N) is 1. The van der Waals surface area contributed by atoms with E-state index in [-0.39, 0.29) is 18.4 Å². The normalized spacial score (nSPS) is 16.5. The van der Waals surface area contributed by atoms with Crippen molar-refractivity contribution in [2.75, 3.05) is 19.7 Å². The SMILES string of the molecule is Cc1ccc(OCC(=O)N2CCC(C(O)c3ccccc3)CC2)cc1. The summed E-state index contributed by atoms with van der Waals surface area (Å²) in [5, 5.41) is 10.5. The van der Waals surface area contributed by atoms with Gasteiger partial charge in [0, 0.05) is 13.1 Å². The number of aliphatic hydroxyl groups excluding tert-OH is 1. The van der Waals surface area contributed by atoms with Crippen molar-refractivity contribution in [3.05, 3.63) is 65.7 Å². The molecule has 4 heteroatoms. The highest BCUT2D eigenvalue weighted by Crippen LogP contribution is 2.30. The van der Waals surface area contributed by atoms with Crippen LogP contribution in [-0.4, -0.2) is 35.6 Å². The number of rotatable bonds is 5. The molecule has 1 atom stereocenters. The molecular weight excluding hydrogens is 314 g/mol. The molecule has 2 aromatic carbocycles. The van der Waals surface area contributed by atoms with Crippen LogP contribution in [-0.2, 0) is 4.79 Å². The molecule has 1 N–H and O–H groups in total. The van der Waals surface area contributed by atoms with Crippen molar-refractivity contribution in [2.24, 2.45) is 5.92 Å². The number of hydrogen-bond donors (Lipinski definition) is 1. The summed E-state index contributed by atoms with van der Waals surface area (Å²) in [6, 6.07) is 17.4. The van der Waals surface area contributed by atoms with Gasteiger partial charge in [0.2, 0.25) is 0 Å². The number of hydrogen-bond acceptors (Lipinski definition) is 3. The van der Waals surface area contributed by atoms with Crippen LogP contribution in [0.2, 0.25) is 0 Å². The molecule has 4 nitrogen and oxygen atoms in total. The van der Waals surface area contributed by atoms with E-state index in [4.69, 9.17) is 4.74 Å². The molecule has 1 unspecified atom stereocenters. The molecule has 0 spiro atoms. The van der Waals surface area contributed by atoms with Crippen LogP contribution in [0.25, 0.3) is 0 Å². The monoisotopic (exact) mass is 339 g/mol. The minimum atomic E-state index is -0.456. The molecule has 1 fully saturated rings. The van der Waals surface area contributed by atoms with Gasteiger partial charge < -0.3 is 14.7 Å². The number of carbonyl (C=O) groups is 1. The lowest BCUT2D eigenvalue weighted by molar-refractivity contribution is -0.135. The summed E-state index contributed by atoms with van der Waals surface area (Å²) in [6.45, 7) is 3.42. The first-order valence-corrected chi connectivity index (χ1v) is 8.84. The summed E-state index contributed by atoms with van der Waals surface area (Å²) in [4.78, 5) is 14.2. The van der Waals surface area contributed by atoms with E-state index in [2.05, 4.69) is 0 Å². The Hall–Kier alpha value is -2.33. The average Bonchev–Trinajstić information content (AvgIpc) is 2.67. The number of amides is 1. The molecule has 2 aromatic rings. The van der Waals surface area contributed by atoms with Crippen LogP contribution in [0.4, 0.5) is 0 Å². The Morgan fingerprint density at radius 1 is 1.12 bits per heavy atom. The summed E-state index contributed by atoms with van der Waals surface area (Å²) in [5.41, 5.74) is 2.12. The fraction of sp³-hybridized carbons (Fsp3) is 0.381. The number of benzene rings is 2. The molecule has 1 amide bonds. The van der Waals surface area contributed by atoms with Gasteiger partial charge in [-0.1, -0.05) is 48.0 Å². The van der Waals surface area contributed by atoms with Crippen LogP contribution >= 0.6 is 0 Å². The first-order chi connectivity index (χ1) is 12.1. The van der Waals surface area contributed by atoms with Crippen LogP contribution in [0, 0.1) is 12.8 Å². The molecule has 0 bridgehead atoms. The standard InChI is InChI=1S/C21H25NO3/c1-16-7-9-19(10-8-16)25-15-20(23)22-13-11-18(12-14-22)21(24)17-5-3-2-4-6-17/h2-10,18,21,24H,11-15H2,1H3. The molecule has 1 aliphatic heterocycles. The lowest BCUT2D eigenvalue weighted by Gasteiger charge is -2.34. The van der Waals surface area contributed by atoms with E-state index in [1.54, 1.807) is 0 Å². The third kappa shape index (κ3) is 4.60. The summed E-state index contributed by atoms with van der Waals surface area (Å²) in [5.74, 6) is 0.922. The molecule has 0 radical (unpaired) electrons. The molecule has 1 heterocycles. The number of aryl methyl sites for hydroxylation is 1. The van der Waals surface area contributed by atoms with Crippen molar-refractivity contribution >= 4 is 5.91 Å². The predicted molar refractivity (Wildman–Crippen MR) is 97.4 cm³/mol. The van der Waals surface area contributed by atoms with Gasteiger partial charge in [-0.2, -0.15) is 0 Å². The van der Waals surface area contributed by atoms with E-state index in [1.807, 2.05) is 66.4 Å². The predicted octanol–water partition coefficient (Wildman–Crippen LogP) is 3.35. The van der Waals surface area contributed by atoms with Crippen LogP contribution in [0.1, 0.15) is 30.1 Å². The maximum absolute atomic E-state index is 12.3. The van der Waals surface area contributed by atoms with Crippen LogP contribution in [0.5, 0.6) is 5.75 Å². The highest BCUT2D eigenvalue weighted by atomic mass is 16.5. The van der Waals surface area contributed by atoms with Crippen molar-refractivity contribution in [3.63, 3.8) is 0 Å².